The predicted octanol–water partition coefficient (Wildman–Crippen LogP) is 2.23. The van der Waals surface area contributed by atoms with E-state index in [-0.39, 0.29) is 30.8 Å². The van der Waals surface area contributed by atoms with Crippen LogP contribution in [0.5, 0.6) is 11.5 Å². The van der Waals surface area contributed by atoms with Crippen molar-refractivity contribution in [3.05, 3.63) is 23.3 Å². The third-order valence-electron chi connectivity index (χ3n) is 5.93. The van der Waals surface area contributed by atoms with Gasteiger partial charge in [0.15, 0.2) is 11.5 Å². The first-order valence-electron chi connectivity index (χ1n) is 9.91. The number of nitrogens with zero attached hydrogens (tertiary/aromatic N) is 2. The molecule has 29 heavy (non-hydrogen) atoms. The van der Waals surface area contributed by atoms with Crippen molar-refractivity contribution in [2.45, 2.75) is 51.1 Å². The fourth-order valence-electron chi connectivity index (χ4n) is 4.13. The number of urea groups is 1. The molecule has 1 aliphatic carbocycles. The van der Waals surface area contributed by atoms with Crippen LogP contribution in [-0.4, -0.2) is 61.0 Å². The summed E-state index contributed by atoms with van der Waals surface area (Å²) >= 11 is 0. The van der Waals surface area contributed by atoms with Crippen molar-refractivity contribution in [1.82, 2.24) is 15.1 Å². The number of methoxy groups -OCH3 is 2. The lowest BCUT2D eigenvalue weighted by Gasteiger charge is -2.22. The Bertz CT molecular complexity index is 817. The molecule has 0 atom stereocenters. The van der Waals surface area contributed by atoms with Crippen LogP contribution in [0.15, 0.2) is 12.1 Å². The second-order valence-corrected chi connectivity index (χ2v) is 7.81. The highest BCUT2D eigenvalue weighted by atomic mass is 16.5. The van der Waals surface area contributed by atoms with E-state index in [0.717, 1.165) is 24.0 Å². The standard InChI is InChI=1S/C21H29N3O5/c1-14-11-16(28-3)17(29-4)12-15(14)13-23(2)18(25)7-10-24-19(26)21(22-20(24)27)8-5-6-9-21/h11-12H,5-10,13H2,1-4H3,(H,22,27). The van der Waals surface area contributed by atoms with E-state index in [1.807, 2.05) is 19.1 Å². The van der Waals surface area contributed by atoms with Crippen molar-refractivity contribution in [2.24, 2.45) is 0 Å². The maximum absolute atomic E-state index is 12.7. The molecule has 3 rings (SSSR count). The first-order valence-corrected chi connectivity index (χ1v) is 9.91. The Kier molecular flexibility index (Phi) is 6.00. The maximum atomic E-state index is 12.7. The van der Waals surface area contributed by atoms with Crippen LogP contribution >= 0.6 is 0 Å². The van der Waals surface area contributed by atoms with E-state index >= 15 is 0 Å². The number of carbonyl (C=O) groups is 3. The van der Waals surface area contributed by atoms with Gasteiger partial charge in [-0.05, 0) is 43.0 Å². The molecule has 2 fully saturated rings. The number of rotatable bonds is 7. The van der Waals surface area contributed by atoms with Gasteiger partial charge in [-0.15, -0.1) is 0 Å². The monoisotopic (exact) mass is 403 g/mol. The number of aryl methyl sites for hydroxylation is 1. The van der Waals surface area contributed by atoms with E-state index in [1.165, 1.54) is 4.90 Å². The number of ether oxygens (including phenoxy) is 2. The summed E-state index contributed by atoms with van der Waals surface area (Å²) in [4.78, 5) is 40.3. The fraction of sp³-hybridized carbons (Fsp3) is 0.571. The van der Waals surface area contributed by atoms with Crippen molar-refractivity contribution in [3.63, 3.8) is 0 Å². The van der Waals surface area contributed by atoms with Gasteiger partial charge in [0.2, 0.25) is 5.91 Å². The molecule has 1 N–H and O–H groups in total. The summed E-state index contributed by atoms with van der Waals surface area (Å²) in [5.41, 5.74) is 1.20. The van der Waals surface area contributed by atoms with Crippen LogP contribution < -0.4 is 14.8 Å². The zero-order valence-corrected chi connectivity index (χ0v) is 17.5. The van der Waals surface area contributed by atoms with Gasteiger partial charge < -0.3 is 19.7 Å². The number of amides is 4. The minimum Gasteiger partial charge on any atom is -0.493 e. The second kappa shape index (κ2) is 8.31. The van der Waals surface area contributed by atoms with Crippen molar-refractivity contribution in [2.75, 3.05) is 27.8 Å². The van der Waals surface area contributed by atoms with Crippen LogP contribution in [0.3, 0.4) is 0 Å². The third-order valence-corrected chi connectivity index (χ3v) is 5.93. The van der Waals surface area contributed by atoms with Crippen LogP contribution in [0.1, 0.15) is 43.2 Å². The van der Waals surface area contributed by atoms with Crippen molar-refractivity contribution in [3.8, 4) is 11.5 Å². The van der Waals surface area contributed by atoms with Gasteiger partial charge in [0, 0.05) is 26.6 Å². The number of carbonyl (C=O) groups excluding carboxylic acids is 3. The SMILES string of the molecule is COc1cc(C)c(CN(C)C(=O)CCN2C(=O)NC3(CCCC3)C2=O)cc1OC. The molecule has 0 aromatic heterocycles. The van der Waals surface area contributed by atoms with Crippen LogP contribution in [-0.2, 0) is 16.1 Å². The average Bonchev–Trinajstić information content (AvgIpc) is 3.26. The number of imide groups is 1. The van der Waals surface area contributed by atoms with Crippen LogP contribution in [0.2, 0.25) is 0 Å². The Morgan fingerprint density at radius 1 is 1.17 bits per heavy atom. The van der Waals surface area contributed by atoms with Crippen molar-refractivity contribution in [1.29, 1.82) is 0 Å². The Hall–Kier alpha value is -2.77. The normalized spacial score (nSPS) is 17.6. The minimum absolute atomic E-state index is 0.0953. The maximum Gasteiger partial charge on any atom is 0.325 e. The van der Waals surface area contributed by atoms with Gasteiger partial charge in [0.25, 0.3) is 5.91 Å². The van der Waals surface area contributed by atoms with Gasteiger partial charge in [0.1, 0.15) is 5.54 Å². The number of nitrogens with one attached hydrogen (secondary N) is 1. The highest BCUT2D eigenvalue weighted by Crippen LogP contribution is 2.35. The Morgan fingerprint density at radius 2 is 1.79 bits per heavy atom. The van der Waals surface area contributed by atoms with Gasteiger partial charge in [-0.25, -0.2) is 4.79 Å². The molecule has 1 spiro atoms. The van der Waals surface area contributed by atoms with Gasteiger partial charge >= 0.3 is 6.03 Å². The summed E-state index contributed by atoms with van der Waals surface area (Å²) in [5.74, 6) is 0.926. The van der Waals surface area contributed by atoms with Crippen LogP contribution in [0.25, 0.3) is 0 Å². The van der Waals surface area contributed by atoms with E-state index in [9.17, 15) is 14.4 Å². The minimum atomic E-state index is -0.733. The molecular weight excluding hydrogens is 374 g/mol. The molecule has 1 aromatic rings. The molecule has 1 saturated heterocycles. The summed E-state index contributed by atoms with van der Waals surface area (Å²) in [7, 11) is 4.86. The van der Waals surface area contributed by atoms with Gasteiger partial charge in [-0.2, -0.15) is 0 Å². The highest BCUT2D eigenvalue weighted by Gasteiger charge is 2.52. The van der Waals surface area contributed by atoms with E-state index in [4.69, 9.17) is 9.47 Å². The van der Waals surface area contributed by atoms with Crippen molar-refractivity contribution < 1.29 is 23.9 Å². The smallest absolute Gasteiger partial charge is 0.325 e. The first-order chi connectivity index (χ1) is 13.8. The van der Waals surface area contributed by atoms with Gasteiger partial charge in [0.05, 0.1) is 14.2 Å². The number of benzene rings is 1. The Labute approximate surface area is 171 Å². The Morgan fingerprint density at radius 3 is 2.41 bits per heavy atom. The lowest BCUT2D eigenvalue weighted by atomic mass is 9.98. The second-order valence-electron chi connectivity index (χ2n) is 7.81. The molecule has 0 unspecified atom stereocenters. The summed E-state index contributed by atoms with van der Waals surface area (Å²) in [6, 6.07) is 3.35. The average molecular weight is 403 g/mol. The quantitative estimate of drug-likeness (QED) is 0.706. The molecule has 158 valence electrons. The van der Waals surface area contributed by atoms with E-state index in [2.05, 4.69) is 5.32 Å². The fourth-order valence-corrected chi connectivity index (χ4v) is 4.13. The van der Waals surface area contributed by atoms with E-state index in [1.54, 1.807) is 26.2 Å². The number of hydrogen-bond acceptors (Lipinski definition) is 5. The Balaban J connectivity index is 1.60. The van der Waals surface area contributed by atoms with Gasteiger partial charge in [-0.1, -0.05) is 12.8 Å². The summed E-state index contributed by atoms with van der Waals surface area (Å²) in [6.07, 6.45) is 3.33. The van der Waals surface area contributed by atoms with Crippen LogP contribution in [0, 0.1) is 6.92 Å². The molecular formula is C21H29N3O5. The topological polar surface area (TPSA) is 88.2 Å². The molecule has 4 amide bonds. The molecule has 0 bridgehead atoms. The number of hydrogen-bond donors (Lipinski definition) is 1. The largest absolute Gasteiger partial charge is 0.493 e. The molecule has 1 saturated carbocycles. The zero-order chi connectivity index (χ0) is 21.2. The summed E-state index contributed by atoms with van der Waals surface area (Å²) in [6.45, 7) is 2.44. The zero-order valence-electron chi connectivity index (χ0n) is 17.5. The summed E-state index contributed by atoms with van der Waals surface area (Å²) in [5, 5.41) is 2.84. The lowest BCUT2D eigenvalue weighted by Crippen LogP contribution is -2.44. The molecule has 1 aliphatic heterocycles. The highest BCUT2D eigenvalue weighted by molar-refractivity contribution is 6.07. The predicted molar refractivity (Wildman–Crippen MR) is 107 cm³/mol. The van der Waals surface area contributed by atoms with Crippen molar-refractivity contribution >= 4 is 17.8 Å². The molecule has 2 aliphatic rings. The van der Waals surface area contributed by atoms with E-state index < -0.39 is 5.54 Å². The molecule has 0 radical (unpaired) electrons. The summed E-state index contributed by atoms with van der Waals surface area (Å²) < 4.78 is 10.6. The first kappa shape index (κ1) is 21.0. The van der Waals surface area contributed by atoms with Crippen LogP contribution in [0.4, 0.5) is 4.79 Å². The molecule has 8 heteroatoms. The van der Waals surface area contributed by atoms with Gasteiger partial charge in [-0.3, -0.25) is 14.5 Å². The molecule has 1 heterocycles. The molecule has 1 aromatic carbocycles. The molecule has 8 nitrogen and oxygen atoms in total. The van der Waals surface area contributed by atoms with E-state index in [0.29, 0.717) is 30.9 Å². The lowest BCUT2D eigenvalue weighted by molar-refractivity contribution is -0.133. The third kappa shape index (κ3) is 4.02.